The maximum atomic E-state index is 14.9. The number of benzene rings is 2. The average molecular weight is 495 g/mol. The van der Waals surface area contributed by atoms with Gasteiger partial charge in [0, 0.05) is 38.0 Å². The first kappa shape index (κ1) is 24.9. The molecule has 2 heterocycles. The van der Waals surface area contributed by atoms with Gasteiger partial charge < -0.3 is 25.0 Å². The van der Waals surface area contributed by atoms with Gasteiger partial charge in [0.1, 0.15) is 11.9 Å². The van der Waals surface area contributed by atoms with Crippen LogP contribution in [0.25, 0.3) is 5.69 Å². The number of halogens is 1. The first-order valence-electron chi connectivity index (χ1n) is 11.3. The van der Waals surface area contributed by atoms with Gasteiger partial charge in [-0.2, -0.15) is 0 Å². The van der Waals surface area contributed by atoms with Crippen LogP contribution in [0, 0.1) is 12.7 Å². The highest BCUT2D eigenvalue weighted by atomic mass is 19.1. The van der Waals surface area contributed by atoms with Gasteiger partial charge in [0.2, 0.25) is 5.91 Å². The minimum atomic E-state index is -0.861. The van der Waals surface area contributed by atoms with Gasteiger partial charge >= 0.3 is 6.03 Å². The van der Waals surface area contributed by atoms with Crippen molar-refractivity contribution in [3.63, 3.8) is 0 Å². The number of hydrogen-bond acceptors (Lipinski definition) is 5. The first-order chi connectivity index (χ1) is 17.3. The molecule has 2 atom stereocenters. The van der Waals surface area contributed by atoms with Gasteiger partial charge in [-0.15, -0.1) is 0 Å². The number of methoxy groups -OCH3 is 2. The molecule has 10 heteroatoms. The second-order valence-corrected chi connectivity index (χ2v) is 8.46. The fourth-order valence-corrected chi connectivity index (χ4v) is 4.08. The van der Waals surface area contributed by atoms with E-state index in [1.165, 1.54) is 48.1 Å². The van der Waals surface area contributed by atoms with Crippen LogP contribution in [0.3, 0.4) is 0 Å². The van der Waals surface area contributed by atoms with Crippen LogP contribution in [-0.4, -0.2) is 54.3 Å². The zero-order chi connectivity index (χ0) is 25.8. The summed E-state index contributed by atoms with van der Waals surface area (Å²) < 4.78 is 26.6. The molecule has 0 unspecified atom stereocenters. The van der Waals surface area contributed by atoms with Crippen molar-refractivity contribution in [3.8, 4) is 11.4 Å². The fourth-order valence-electron chi connectivity index (χ4n) is 4.08. The van der Waals surface area contributed by atoms with Gasteiger partial charge in [0.15, 0.2) is 5.75 Å². The lowest BCUT2D eigenvalue weighted by molar-refractivity contribution is -0.119. The topological polar surface area (TPSA) is 102 Å². The van der Waals surface area contributed by atoms with Crippen LogP contribution in [-0.2, 0) is 9.53 Å². The summed E-state index contributed by atoms with van der Waals surface area (Å²) >= 11 is 0. The van der Waals surface area contributed by atoms with Crippen LogP contribution in [0.1, 0.15) is 12.0 Å². The number of aryl methyl sites for hydroxylation is 1. The molecule has 0 aliphatic carbocycles. The number of anilines is 2. The SMILES string of the molecule is COc1cccn(-c2ccc(NC(=O)[C@H]3C[C@@H](OC)CN3C(=O)Nc3ccc(C)cc3)c(F)c2)c1=O. The first-order valence-corrected chi connectivity index (χ1v) is 11.3. The number of carbonyl (C=O) groups is 2. The average Bonchev–Trinajstić information content (AvgIpc) is 3.32. The zero-order valence-electron chi connectivity index (χ0n) is 20.2. The van der Waals surface area contributed by atoms with E-state index in [0.29, 0.717) is 5.69 Å². The van der Waals surface area contributed by atoms with Gasteiger partial charge in [-0.3, -0.25) is 14.2 Å². The summed E-state index contributed by atoms with van der Waals surface area (Å²) in [5.41, 5.74) is 1.41. The smallest absolute Gasteiger partial charge is 0.322 e. The Morgan fingerprint density at radius 2 is 1.81 bits per heavy atom. The number of ether oxygens (including phenoxy) is 2. The Labute approximate surface area is 207 Å². The van der Waals surface area contributed by atoms with Crippen LogP contribution in [0.4, 0.5) is 20.6 Å². The number of nitrogens with one attached hydrogen (secondary N) is 2. The van der Waals surface area contributed by atoms with E-state index in [-0.39, 0.29) is 36.2 Å². The van der Waals surface area contributed by atoms with E-state index < -0.39 is 29.4 Å². The van der Waals surface area contributed by atoms with E-state index in [4.69, 9.17) is 9.47 Å². The molecule has 4 rings (SSSR count). The van der Waals surface area contributed by atoms with Crippen molar-refractivity contribution >= 4 is 23.3 Å². The summed E-state index contributed by atoms with van der Waals surface area (Å²) in [6.07, 6.45) is 1.42. The molecule has 188 valence electrons. The lowest BCUT2D eigenvalue weighted by Gasteiger charge is -2.24. The number of pyridine rings is 1. The summed E-state index contributed by atoms with van der Waals surface area (Å²) in [6, 6.07) is 13.1. The number of likely N-dealkylation sites (tertiary alicyclic amines) is 1. The standard InChI is InChI=1S/C26H27FN4O5/c1-16-6-8-17(9-7-16)28-26(34)31-15-19(35-2)14-22(31)24(32)29-21-11-10-18(13-20(21)27)30-12-4-5-23(36-3)25(30)33/h4-13,19,22H,14-15H2,1-3H3,(H,28,34)(H,29,32)/t19-,22-/m1/s1. The summed E-state index contributed by atoms with van der Waals surface area (Å²) in [5, 5.41) is 5.36. The third kappa shape index (κ3) is 5.23. The zero-order valence-corrected chi connectivity index (χ0v) is 20.2. The molecule has 1 aliphatic rings. The van der Waals surface area contributed by atoms with Crippen LogP contribution in [0.2, 0.25) is 0 Å². The molecule has 9 nitrogen and oxygen atoms in total. The third-order valence-corrected chi connectivity index (χ3v) is 6.08. The summed E-state index contributed by atoms with van der Waals surface area (Å²) in [5.74, 6) is -1.15. The number of rotatable bonds is 6. The molecule has 2 aromatic carbocycles. The second-order valence-electron chi connectivity index (χ2n) is 8.46. The van der Waals surface area contributed by atoms with Crippen molar-refractivity contribution in [1.82, 2.24) is 9.47 Å². The molecule has 0 radical (unpaired) electrons. The summed E-state index contributed by atoms with van der Waals surface area (Å²) in [6.45, 7) is 2.16. The molecule has 36 heavy (non-hydrogen) atoms. The fraction of sp³-hybridized carbons (Fsp3) is 0.269. The monoisotopic (exact) mass is 494 g/mol. The molecule has 1 fully saturated rings. The lowest BCUT2D eigenvalue weighted by atomic mass is 10.1. The Bertz CT molecular complexity index is 1320. The van der Waals surface area contributed by atoms with Crippen molar-refractivity contribution in [2.45, 2.75) is 25.5 Å². The van der Waals surface area contributed by atoms with Gasteiger partial charge in [-0.1, -0.05) is 17.7 Å². The summed E-state index contributed by atoms with van der Waals surface area (Å²) in [4.78, 5) is 39.9. The van der Waals surface area contributed by atoms with E-state index in [9.17, 15) is 18.8 Å². The molecule has 0 spiro atoms. The number of aromatic nitrogens is 1. The predicted octanol–water partition coefficient (Wildman–Crippen LogP) is 3.55. The molecular weight excluding hydrogens is 467 g/mol. The number of hydrogen-bond donors (Lipinski definition) is 2. The quantitative estimate of drug-likeness (QED) is 0.546. The third-order valence-electron chi connectivity index (χ3n) is 6.08. The van der Waals surface area contributed by atoms with Crippen molar-refractivity contribution in [3.05, 3.63) is 82.5 Å². The highest BCUT2D eigenvalue weighted by molar-refractivity contribution is 5.99. The minimum Gasteiger partial charge on any atom is -0.491 e. The highest BCUT2D eigenvalue weighted by Gasteiger charge is 2.40. The lowest BCUT2D eigenvalue weighted by Crippen LogP contribution is -2.45. The molecule has 1 aliphatic heterocycles. The predicted molar refractivity (Wildman–Crippen MR) is 133 cm³/mol. The number of nitrogens with zero attached hydrogens (tertiary/aromatic N) is 2. The van der Waals surface area contributed by atoms with E-state index >= 15 is 0 Å². The van der Waals surface area contributed by atoms with E-state index in [1.807, 2.05) is 19.1 Å². The maximum Gasteiger partial charge on any atom is 0.322 e. The van der Waals surface area contributed by atoms with Crippen LogP contribution < -0.4 is 20.9 Å². The largest absolute Gasteiger partial charge is 0.491 e. The van der Waals surface area contributed by atoms with Crippen LogP contribution in [0.5, 0.6) is 5.75 Å². The normalized spacial score (nSPS) is 17.1. The highest BCUT2D eigenvalue weighted by Crippen LogP contribution is 2.25. The van der Waals surface area contributed by atoms with E-state index in [2.05, 4.69) is 10.6 Å². The number of carbonyl (C=O) groups excluding carboxylic acids is 2. The Morgan fingerprint density at radius 3 is 2.47 bits per heavy atom. The Morgan fingerprint density at radius 1 is 1.06 bits per heavy atom. The second kappa shape index (κ2) is 10.6. The van der Waals surface area contributed by atoms with Crippen molar-refractivity contribution in [2.75, 3.05) is 31.4 Å². The van der Waals surface area contributed by atoms with Crippen molar-refractivity contribution in [1.29, 1.82) is 0 Å². The number of urea groups is 1. The Balaban J connectivity index is 1.51. The van der Waals surface area contributed by atoms with Crippen LogP contribution >= 0.6 is 0 Å². The van der Waals surface area contributed by atoms with E-state index in [0.717, 1.165) is 11.6 Å². The Hall–Kier alpha value is -4.18. The van der Waals surface area contributed by atoms with E-state index in [1.54, 1.807) is 18.2 Å². The van der Waals surface area contributed by atoms with Crippen molar-refractivity contribution in [2.24, 2.45) is 0 Å². The molecular formula is C26H27FN4O5. The van der Waals surface area contributed by atoms with Gasteiger partial charge in [0.25, 0.3) is 5.56 Å². The number of amides is 3. The molecule has 1 saturated heterocycles. The molecule has 3 amide bonds. The summed E-state index contributed by atoms with van der Waals surface area (Å²) in [7, 11) is 2.89. The molecule has 0 bridgehead atoms. The van der Waals surface area contributed by atoms with Crippen LogP contribution in [0.15, 0.2) is 65.6 Å². The van der Waals surface area contributed by atoms with Gasteiger partial charge in [0.05, 0.1) is 24.6 Å². The molecule has 2 N–H and O–H groups in total. The molecule has 3 aromatic rings. The maximum absolute atomic E-state index is 14.9. The molecule has 0 saturated carbocycles. The molecule has 1 aromatic heterocycles. The van der Waals surface area contributed by atoms with Crippen molar-refractivity contribution < 1.29 is 23.5 Å². The minimum absolute atomic E-state index is 0.0699. The van der Waals surface area contributed by atoms with Gasteiger partial charge in [-0.25, -0.2) is 9.18 Å². The Kier molecular flexibility index (Phi) is 7.35. The van der Waals surface area contributed by atoms with Gasteiger partial charge in [-0.05, 0) is 43.3 Å².